The van der Waals surface area contributed by atoms with Crippen molar-refractivity contribution in [3.05, 3.63) is 34.3 Å². The van der Waals surface area contributed by atoms with E-state index in [0.717, 1.165) is 18.5 Å². The van der Waals surface area contributed by atoms with Crippen LogP contribution in [0.3, 0.4) is 0 Å². The molecule has 0 spiro atoms. The first kappa shape index (κ1) is 10.5. The molecule has 1 aromatic carbocycles. The van der Waals surface area contributed by atoms with Crippen LogP contribution in [0.1, 0.15) is 11.1 Å². The summed E-state index contributed by atoms with van der Waals surface area (Å²) in [6, 6.07) is 5.49. The standard InChI is InChI=1S/C10H13ClFN/c1-13-6-5-8-3-2-4-10(11)9(8)7-12/h2-4,13H,5-7H2,1H3. The average molecular weight is 202 g/mol. The molecule has 0 aliphatic carbocycles. The Morgan fingerprint density at radius 1 is 1.46 bits per heavy atom. The largest absolute Gasteiger partial charge is 0.319 e. The molecule has 0 radical (unpaired) electrons. The van der Waals surface area contributed by atoms with Crippen molar-refractivity contribution in [3.63, 3.8) is 0 Å². The lowest BCUT2D eigenvalue weighted by Gasteiger charge is -2.07. The second-order valence-electron chi connectivity index (χ2n) is 2.86. The molecule has 72 valence electrons. The highest BCUT2D eigenvalue weighted by Crippen LogP contribution is 2.21. The summed E-state index contributed by atoms with van der Waals surface area (Å²) in [5.41, 5.74) is 1.61. The Bertz CT molecular complexity index is 276. The SMILES string of the molecule is CNCCc1cccc(Cl)c1CF. The second kappa shape index (κ2) is 5.20. The van der Waals surface area contributed by atoms with E-state index < -0.39 is 6.67 Å². The Morgan fingerprint density at radius 2 is 2.23 bits per heavy atom. The molecule has 1 aromatic rings. The van der Waals surface area contributed by atoms with Crippen LogP contribution in [0.25, 0.3) is 0 Å². The van der Waals surface area contributed by atoms with Gasteiger partial charge < -0.3 is 5.32 Å². The minimum atomic E-state index is -0.487. The minimum Gasteiger partial charge on any atom is -0.319 e. The van der Waals surface area contributed by atoms with Gasteiger partial charge in [-0.3, -0.25) is 0 Å². The lowest BCUT2D eigenvalue weighted by Crippen LogP contribution is -2.11. The predicted molar refractivity (Wildman–Crippen MR) is 53.9 cm³/mol. The second-order valence-corrected chi connectivity index (χ2v) is 3.27. The molecule has 0 unspecified atom stereocenters. The topological polar surface area (TPSA) is 12.0 Å². The maximum absolute atomic E-state index is 12.6. The van der Waals surface area contributed by atoms with Crippen LogP contribution in [-0.4, -0.2) is 13.6 Å². The van der Waals surface area contributed by atoms with Gasteiger partial charge in [0, 0.05) is 10.6 Å². The van der Waals surface area contributed by atoms with Crippen molar-refractivity contribution in [2.24, 2.45) is 0 Å². The van der Waals surface area contributed by atoms with Gasteiger partial charge in [-0.1, -0.05) is 23.7 Å². The maximum atomic E-state index is 12.6. The Hall–Kier alpha value is -0.600. The number of benzene rings is 1. The number of alkyl halides is 1. The highest BCUT2D eigenvalue weighted by Gasteiger charge is 2.05. The molecule has 0 aliphatic rings. The molecule has 0 atom stereocenters. The van der Waals surface area contributed by atoms with Crippen LogP contribution in [0, 0.1) is 0 Å². The monoisotopic (exact) mass is 201 g/mol. The number of nitrogens with one attached hydrogen (secondary N) is 1. The highest BCUT2D eigenvalue weighted by molar-refractivity contribution is 6.31. The molecule has 13 heavy (non-hydrogen) atoms. The Morgan fingerprint density at radius 3 is 2.85 bits per heavy atom. The average Bonchev–Trinajstić information content (AvgIpc) is 2.15. The van der Waals surface area contributed by atoms with Crippen molar-refractivity contribution in [3.8, 4) is 0 Å². The number of halogens is 2. The van der Waals surface area contributed by atoms with Gasteiger partial charge in [0.05, 0.1) is 0 Å². The summed E-state index contributed by atoms with van der Waals surface area (Å²) in [7, 11) is 1.87. The maximum Gasteiger partial charge on any atom is 0.116 e. The van der Waals surface area contributed by atoms with Crippen LogP contribution >= 0.6 is 11.6 Å². The van der Waals surface area contributed by atoms with E-state index in [0.29, 0.717) is 10.6 Å². The number of hydrogen-bond acceptors (Lipinski definition) is 1. The molecule has 0 aromatic heterocycles. The van der Waals surface area contributed by atoms with E-state index in [1.54, 1.807) is 6.07 Å². The fraction of sp³-hybridized carbons (Fsp3) is 0.400. The first-order valence-electron chi connectivity index (χ1n) is 4.26. The van der Waals surface area contributed by atoms with Crippen molar-refractivity contribution in [2.75, 3.05) is 13.6 Å². The first-order chi connectivity index (χ1) is 6.29. The summed E-state index contributed by atoms with van der Waals surface area (Å²) in [4.78, 5) is 0. The van der Waals surface area contributed by atoms with Gasteiger partial charge in [-0.25, -0.2) is 4.39 Å². The molecule has 0 amide bonds. The zero-order valence-electron chi connectivity index (χ0n) is 7.61. The third kappa shape index (κ3) is 2.68. The molecule has 0 saturated heterocycles. The van der Waals surface area contributed by atoms with Crippen LogP contribution in [0.5, 0.6) is 0 Å². The van der Waals surface area contributed by atoms with E-state index in [1.165, 1.54) is 0 Å². The van der Waals surface area contributed by atoms with Gasteiger partial charge in [0.15, 0.2) is 0 Å². The summed E-state index contributed by atoms with van der Waals surface area (Å²) < 4.78 is 12.6. The van der Waals surface area contributed by atoms with E-state index in [1.807, 2.05) is 19.2 Å². The number of likely N-dealkylation sites (N-methyl/N-ethyl adjacent to an activating group) is 1. The van der Waals surface area contributed by atoms with Crippen molar-refractivity contribution in [1.29, 1.82) is 0 Å². The van der Waals surface area contributed by atoms with Crippen molar-refractivity contribution < 1.29 is 4.39 Å². The molecular formula is C10H13ClFN. The van der Waals surface area contributed by atoms with Gasteiger partial charge in [0.1, 0.15) is 6.67 Å². The number of rotatable bonds is 4. The molecule has 1 N–H and O–H groups in total. The zero-order valence-corrected chi connectivity index (χ0v) is 8.37. The van der Waals surface area contributed by atoms with Crippen LogP contribution in [0.15, 0.2) is 18.2 Å². The van der Waals surface area contributed by atoms with E-state index >= 15 is 0 Å². The molecular weight excluding hydrogens is 189 g/mol. The number of hydrogen-bond donors (Lipinski definition) is 1. The molecule has 1 rings (SSSR count). The molecule has 0 aliphatic heterocycles. The van der Waals surface area contributed by atoms with Crippen LogP contribution in [-0.2, 0) is 13.1 Å². The Balaban J connectivity index is 2.85. The van der Waals surface area contributed by atoms with Crippen molar-refractivity contribution in [1.82, 2.24) is 5.32 Å². The fourth-order valence-electron chi connectivity index (χ4n) is 1.25. The van der Waals surface area contributed by atoms with Gasteiger partial charge in [-0.15, -0.1) is 0 Å². The van der Waals surface area contributed by atoms with E-state index in [9.17, 15) is 4.39 Å². The van der Waals surface area contributed by atoms with Gasteiger partial charge in [-0.05, 0) is 31.6 Å². The third-order valence-corrected chi connectivity index (χ3v) is 2.35. The first-order valence-corrected chi connectivity index (χ1v) is 4.64. The summed E-state index contributed by atoms with van der Waals surface area (Å²) >= 11 is 5.85. The summed E-state index contributed by atoms with van der Waals surface area (Å²) in [5.74, 6) is 0. The normalized spacial score (nSPS) is 10.4. The van der Waals surface area contributed by atoms with Gasteiger partial charge in [0.2, 0.25) is 0 Å². The lowest BCUT2D eigenvalue weighted by molar-refractivity contribution is 0.482. The molecule has 0 fully saturated rings. The van der Waals surface area contributed by atoms with Gasteiger partial charge in [-0.2, -0.15) is 0 Å². The molecule has 0 heterocycles. The third-order valence-electron chi connectivity index (χ3n) is 1.99. The Kier molecular flexibility index (Phi) is 4.19. The van der Waals surface area contributed by atoms with Crippen molar-refractivity contribution >= 4 is 11.6 Å². The summed E-state index contributed by atoms with van der Waals surface area (Å²) in [5, 5.41) is 3.55. The lowest BCUT2D eigenvalue weighted by atomic mass is 10.1. The Labute approximate surface area is 82.9 Å². The fourth-order valence-corrected chi connectivity index (χ4v) is 1.49. The smallest absolute Gasteiger partial charge is 0.116 e. The van der Waals surface area contributed by atoms with Crippen LogP contribution in [0.4, 0.5) is 4.39 Å². The van der Waals surface area contributed by atoms with E-state index in [-0.39, 0.29) is 0 Å². The van der Waals surface area contributed by atoms with E-state index in [4.69, 9.17) is 11.6 Å². The molecule has 1 nitrogen and oxygen atoms in total. The summed E-state index contributed by atoms with van der Waals surface area (Å²) in [6.07, 6.45) is 0.816. The van der Waals surface area contributed by atoms with Gasteiger partial charge >= 0.3 is 0 Å². The van der Waals surface area contributed by atoms with Crippen molar-refractivity contribution in [2.45, 2.75) is 13.1 Å². The van der Waals surface area contributed by atoms with Gasteiger partial charge in [0.25, 0.3) is 0 Å². The molecule has 0 saturated carbocycles. The minimum absolute atomic E-state index is 0.487. The van der Waals surface area contributed by atoms with Crippen LogP contribution < -0.4 is 5.32 Å². The molecule has 0 bridgehead atoms. The quantitative estimate of drug-likeness (QED) is 0.790. The van der Waals surface area contributed by atoms with Crippen LogP contribution in [0.2, 0.25) is 5.02 Å². The van der Waals surface area contributed by atoms with E-state index in [2.05, 4.69) is 5.32 Å². The predicted octanol–water partition coefficient (Wildman–Crippen LogP) is 2.57. The summed E-state index contributed by atoms with van der Waals surface area (Å²) in [6.45, 7) is 0.353. The molecule has 3 heteroatoms. The zero-order chi connectivity index (χ0) is 9.68. The highest BCUT2D eigenvalue weighted by atomic mass is 35.5.